The number of benzene rings is 2. The van der Waals surface area contributed by atoms with Crippen LogP contribution in [0.5, 0.6) is 11.5 Å². The molecule has 0 amide bonds. The lowest BCUT2D eigenvalue weighted by Gasteiger charge is -2.15. The predicted molar refractivity (Wildman–Crippen MR) is 93.7 cm³/mol. The van der Waals surface area contributed by atoms with Crippen LogP contribution in [-0.2, 0) is 11.2 Å². The fraction of sp³-hybridized carbons (Fsp3) is 0.350. The Bertz CT molecular complexity index is 607. The third-order valence-electron chi connectivity index (χ3n) is 3.89. The van der Waals surface area contributed by atoms with Gasteiger partial charge >= 0.3 is 5.97 Å². The maximum absolute atomic E-state index is 11.4. The van der Waals surface area contributed by atoms with Gasteiger partial charge in [0.25, 0.3) is 0 Å². The molecule has 0 bridgehead atoms. The number of rotatable bonds is 10. The number of hydrogen-bond donors (Lipinski definition) is 1. The quantitative estimate of drug-likeness (QED) is 0.660. The molecule has 0 heterocycles. The van der Waals surface area contributed by atoms with Crippen LogP contribution in [0.15, 0.2) is 54.6 Å². The van der Waals surface area contributed by atoms with Crippen LogP contribution >= 0.6 is 0 Å². The SMILES string of the molecule is COc1ccc(OC(CCCCCc2ccccc2)C(=O)O)cc1. The summed E-state index contributed by atoms with van der Waals surface area (Å²) in [7, 11) is 1.59. The van der Waals surface area contributed by atoms with Gasteiger partial charge < -0.3 is 14.6 Å². The van der Waals surface area contributed by atoms with Crippen LogP contribution in [0, 0.1) is 0 Å². The number of carbonyl (C=O) groups is 1. The summed E-state index contributed by atoms with van der Waals surface area (Å²) in [6.07, 6.45) is 3.60. The molecule has 0 aliphatic heterocycles. The Morgan fingerprint density at radius 1 is 0.958 bits per heavy atom. The number of aryl methyl sites for hydroxylation is 1. The topological polar surface area (TPSA) is 55.8 Å². The summed E-state index contributed by atoms with van der Waals surface area (Å²) in [5.74, 6) is 0.344. The zero-order valence-electron chi connectivity index (χ0n) is 14.0. The lowest BCUT2D eigenvalue weighted by Crippen LogP contribution is -2.26. The van der Waals surface area contributed by atoms with Crippen molar-refractivity contribution in [1.82, 2.24) is 0 Å². The minimum atomic E-state index is -0.922. The Balaban J connectivity index is 1.73. The number of carboxylic acids is 1. The number of methoxy groups -OCH3 is 1. The normalized spacial score (nSPS) is 11.7. The van der Waals surface area contributed by atoms with E-state index in [4.69, 9.17) is 9.47 Å². The van der Waals surface area contributed by atoms with Crippen molar-refractivity contribution >= 4 is 5.97 Å². The Kier molecular flexibility index (Phi) is 7.15. The van der Waals surface area contributed by atoms with E-state index in [1.54, 1.807) is 31.4 Å². The average Bonchev–Trinajstić information content (AvgIpc) is 2.61. The highest BCUT2D eigenvalue weighted by atomic mass is 16.5. The van der Waals surface area contributed by atoms with Crippen LogP contribution in [0.4, 0.5) is 0 Å². The van der Waals surface area contributed by atoms with Crippen LogP contribution in [0.3, 0.4) is 0 Å². The van der Waals surface area contributed by atoms with Crippen LogP contribution in [-0.4, -0.2) is 24.3 Å². The predicted octanol–water partition coefficient (Wildman–Crippen LogP) is 4.33. The van der Waals surface area contributed by atoms with E-state index in [2.05, 4.69) is 12.1 Å². The zero-order chi connectivity index (χ0) is 17.2. The second-order valence-electron chi connectivity index (χ2n) is 5.71. The lowest BCUT2D eigenvalue weighted by molar-refractivity contribution is -0.145. The van der Waals surface area contributed by atoms with Crippen molar-refractivity contribution < 1.29 is 19.4 Å². The van der Waals surface area contributed by atoms with E-state index in [0.29, 0.717) is 12.2 Å². The molecule has 24 heavy (non-hydrogen) atoms. The van der Waals surface area contributed by atoms with E-state index in [9.17, 15) is 9.90 Å². The molecular weight excluding hydrogens is 304 g/mol. The zero-order valence-corrected chi connectivity index (χ0v) is 14.0. The summed E-state index contributed by atoms with van der Waals surface area (Å²) < 4.78 is 10.7. The van der Waals surface area contributed by atoms with Gasteiger partial charge in [-0.05, 0) is 55.5 Å². The molecule has 4 heteroatoms. The molecule has 1 unspecified atom stereocenters. The first kappa shape index (κ1) is 17.9. The molecule has 0 aliphatic carbocycles. The Hall–Kier alpha value is -2.49. The summed E-state index contributed by atoms with van der Waals surface area (Å²) in [6.45, 7) is 0. The second-order valence-corrected chi connectivity index (χ2v) is 5.71. The van der Waals surface area contributed by atoms with Crippen molar-refractivity contribution in [1.29, 1.82) is 0 Å². The monoisotopic (exact) mass is 328 g/mol. The first-order chi connectivity index (χ1) is 11.7. The van der Waals surface area contributed by atoms with Crippen molar-refractivity contribution in [3.05, 3.63) is 60.2 Å². The number of hydrogen-bond acceptors (Lipinski definition) is 3. The Morgan fingerprint density at radius 2 is 1.62 bits per heavy atom. The highest BCUT2D eigenvalue weighted by molar-refractivity contribution is 5.72. The van der Waals surface area contributed by atoms with Gasteiger partial charge in [0.1, 0.15) is 11.5 Å². The van der Waals surface area contributed by atoms with Gasteiger partial charge in [-0.3, -0.25) is 0 Å². The van der Waals surface area contributed by atoms with Crippen molar-refractivity contribution in [2.24, 2.45) is 0 Å². The molecule has 2 rings (SSSR count). The maximum atomic E-state index is 11.4. The van der Waals surface area contributed by atoms with Gasteiger partial charge in [0.05, 0.1) is 7.11 Å². The van der Waals surface area contributed by atoms with Gasteiger partial charge in [0, 0.05) is 0 Å². The fourth-order valence-corrected chi connectivity index (χ4v) is 2.53. The second kappa shape index (κ2) is 9.60. The summed E-state index contributed by atoms with van der Waals surface area (Å²) in [5, 5.41) is 9.32. The van der Waals surface area contributed by atoms with E-state index in [1.807, 2.05) is 18.2 Å². The molecule has 0 spiro atoms. The summed E-state index contributed by atoms with van der Waals surface area (Å²) in [6, 6.07) is 17.3. The molecule has 2 aromatic rings. The molecule has 2 aromatic carbocycles. The summed E-state index contributed by atoms with van der Waals surface area (Å²) in [5.41, 5.74) is 1.32. The van der Waals surface area contributed by atoms with Gasteiger partial charge in [-0.2, -0.15) is 0 Å². The molecule has 1 atom stereocenters. The molecule has 0 radical (unpaired) electrons. The van der Waals surface area contributed by atoms with Crippen molar-refractivity contribution in [3.63, 3.8) is 0 Å². The molecule has 1 N–H and O–H groups in total. The average molecular weight is 328 g/mol. The van der Waals surface area contributed by atoms with E-state index in [-0.39, 0.29) is 0 Å². The molecule has 4 nitrogen and oxygen atoms in total. The molecule has 0 fully saturated rings. The van der Waals surface area contributed by atoms with Crippen LogP contribution in [0.1, 0.15) is 31.2 Å². The number of ether oxygens (including phenoxy) is 2. The molecular formula is C20H24O4. The largest absolute Gasteiger partial charge is 0.497 e. The molecule has 0 aromatic heterocycles. The summed E-state index contributed by atoms with van der Waals surface area (Å²) in [4.78, 5) is 11.4. The minimum absolute atomic E-state index is 0.510. The number of aliphatic carboxylic acids is 1. The van der Waals surface area contributed by atoms with E-state index in [0.717, 1.165) is 31.4 Å². The van der Waals surface area contributed by atoms with Gasteiger partial charge in [0.2, 0.25) is 0 Å². The molecule has 0 aliphatic rings. The number of carboxylic acid groups (broad SMARTS) is 1. The third-order valence-corrected chi connectivity index (χ3v) is 3.89. The highest BCUT2D eigenvalue weighted by Crippen LogP contribution is 2.20. The van der Waals surface area contributed by atoms with Gasteiger partial charge in [-0.25, -0.2) is 4.79 Å². The maximum Gasteiger partial charge on any atom is 0.344 e. The van der Waals surface area contributed by atoms with Gasteiger partial charge in [0.15, 0.2) is 6.10 Å². The standard InChI is InChI=1S/C20H24O4/c1-23-17-12-14-18(15-13-17)24-19(20(21)22)11-7-3-6-10-16-8-4-2-5-9-16/h2,4-5,8-9,12-15,19H,3,6-7,10-11H2,1H3,(H,21,22). The highest BCUT2D eigenvalue weighted by Gasteiger charge is 2.18. The molecule has 128 valence electrons. The minimum Gasteiger partial charge on any atom is -0.497 e. The lowest BCUT2D eigenvalue weighted by atomic mass is 10.0. The van der Waals surface area contributed by atoms with Crippen molar-refractivity contribution in [2.75, 3.05) is 7.11 Å². The molecule has 0 saturated carbocycles. The van der Waals surface area contributed by atoms with Crippen LogP contribution in [0.2, 0.25) is 0 Å². The van der Waals surface area contributed by atoms with Crippen molar-refractivity contribution in [2.45, 2.75) is 38.2 Å². The van der Waals surface area contributed by atoms with E-state index >= 15 is 0 Å². The Morgan fingerprint density at radius 3 is 2.25 bits per heavy atom. The van der Waals surface area contributed by atoms with Crippen molar-refractivity contribution in [3.8, 4) is 11.5 Å². The summed E-state index contributed by atoms with van der Waals surface area (Å²) >= 11 is 0. The first-order valence-electron chi connectivity index (χ1n) is 8.26. The van der Waals surface area contributed by atoms with Crippen LogP contribution in [0.25, 0.3) is 0 Å². The fourth-order valence-electron chi connectivity index (χ4n) is 2.53. The smallest absolute Gasteiger partial charge is 0.344 e. The third kappa shape index (κ3) is 5.95. The van der Waals surface area contributed by atoms with Crippen LogP contribution < -0.4 is 9.47 Å². The Labute approximate surface area is 143 Å². The van der Waals surface area contributed by atoms with Gasteiger partial charge in [-0.15, -0.1) is 0 Å². The van der Waals surface area contributed by atoms with Gasteiger partial charge in [-0.1, -0.05) is 36.8 Å². The first-order valence-corrected chi connectivity index (χ1v) is 8.26. The van der Waals surface area contributed by atoms with E-state index < -0.39 is 12.1 Å². The molecule has 0 saturated heterocycles. The van der Waals surface area contributed by atoms with E-state index in [1.165, 1.54) is 5.56 Å². The number of unbranched alkanes of at least 4 members (excludes halogenated alkanes) is 2.